The van der Waals surface area contributed by atoms with E-state index in [4.69, 9.17) is 11.6 Å². The maximum atomic E-state index is 10.8. The van der Waals surface area contributed by atoms with E-state index in [1.165, 1.54) is 6.07 Å². The van der Waals surface area contributed by atoms with Gasteiger partial charge in [0.25, 0.3) is 5.69 Å². The van der Waals surface area contributed by atoms with E-state index in [9.17, 15) is 10.1 Å². The van der Waals surface area contributed by atoms with E-state index in [2.05, 4.69) is 0 Å². The van der Waals surface area contributed by atoms with Crippen molar-refractivity contribution >= 4 is 29.4 Å². The molecule has 3 nitrogen and oxygen atoms in total. The maximum Gasteiger partial charge on any atom is 0.276 e. The van der Waals surface area contributed by atoms with Crippen LogP contribution in [0.4, 0.5) is 5.69 Å². The Morgan fingerprint density at radius 3 is 2.33 bits per heavy atom. The third kappa shape index (κ3) is 2.96. The molecule has 0 amide bonds. The van der Waals surface area contributed by atoms with E-state index in [-0.39, 0.29) is 10.6 Å². The lowest BCUT2D eigenvalue weighted by Gasteiger charge is -1.97. The molecule has 0 N–H and O–H groups in total. The summed E-state index contributed by atoms with van der Waals surface area (Å²) in [7, 11) is 0. The average molecular weight is 260 g/mol. The molecule has 0 aliphatic heterocycles. The van der Waals surface area contributed by atoms with E-state index in [1.807, 2.05) is 18.2 Å². The van der Waals surface area contributed by atoms with Crippen LogP contribution >= 0.6 is 11.6 Å². The van der Waals surface area contributed by atoms with Gasteiger partial charge in [0.1, 0.15) is 0 Å². The fraction of sp³-hybridized carbons (Fsp3) is 0. The average Bonchev–Trinajstić information content (AvgIpc) is 2.38. The van der Waals surface area contributed by atoms with E-state index in [0.29, 0.717) is 10.6 Å². The van der Waals surface area contributed by atoms with Gasteiger partial charge in [0.15, 0.2) is 0 Å². The fourth-order valence-electron chi connectivity index (χ4n) is 1.55. The summed E-state index contributed by atoms with van der Waals surface area (Å²) in [5.41, 5.74) is 1.62. The van der Waals surface area contributed by atoms with Crippen molar-refractivity contribution in [3.8, 4) is 0 Å². The summed E-state index contributed by atoms with van der Waals surface area (Å²) in [6.45, 7) is 0. The topological polar surface area (TPSA) is 43.1 Å². The van der Waals surface area contributed by atoms with Gasteiger partial charge in [-0.3, -0.25) is 10.1 Å². The molecule has 4 heteroatoms. The molecule has 0 spiro atoms. The first kappa shape index (κ1) is 12.3. The zero-order valence-electron chi connectivity index (χ0n) is 9.42. The molecule has 0 unspecified atom stereocenters. The maximum absolute atomic E-state index is 10.8. The largest absolute Gasteiger partial charge is 0.276 e. The lowest BCUT2D eigenvalue weighted by atomic mass is 10.1. The first-order chi connectivity index (χ1) is 8.66. The van der Waals surface area contributed by atoms with Crippen molar-refractivity contribution in [1.29, 1.82) is 0 Å². The van der Waals surface area contributed by atoms with Crippen LogP contribution in [0.3, 0.4) is 0 Å². The number of benzene rings is 2. The van der Waals surface area contributed by atoms with Gasteiger partial charge in [-0.05, 0) is 29.8 Å². The van der Waals surface area contributed by atoms with Gasteiger partial charge in [-0.25, -0.2) is 0 Å². The predicted octanol–water partition coefficient (Wildman–Crippen LogP) is 4.42. The number of rotatable bonds is 3. The van der Waals surface area contributed by atoms with Crippen molar-refractivity contribution < 1.29 is 4.92 Å². The minimum absolute atomic E-state index is 0.0997. The summed E-state index contributed by atoms with van der Waals surface area (Å²) in [5, 5.41) is 11.5. The third-order valence-electron chi connectivity index (χ3n) is 2.46. The molecule has 18 heavy (non-hydrogen) atoms. The van der Waals surface area contributed by atoms with Crippen LogP contribution in [-0.4, -0.2) is 4.92 Å². The summed E-state index contributed by atoms with van der Waals surface area (Å²) in [5.74, 6) is 0. The van der Waals surface area contributed by atoms with Gasteiger partial charge in [-0.2, -0.15) is 0 Å². The van der Waals surface area contributed by atoms with Crippen LogP contribution in [0.25, 0.3) is 12.2 Å². The lowest BCUT2D eigenvalue weighted by molar-refractivity contribution is -0.385. The van der Waals surface area contributed by atoms with E-state index < -0.39 is 0 Å². The third-order valence-corrected chi connectivity index (χ3v) is 2.71. The van der Waals surface area contributed by atoms with Gasteiger partial charge in [0.05, 0.1) is 10.5 Å². The molecule has 0 aliphatic rings. The first-order valence-electron chi connectivity index (χ1n) is 5.34. The zero-order chi connectivity index (χ0) is 13.0. The van der Waals surface area contributed by atoms with Gasteiger partial charge in [-0.1, -0.05) is 41.9 Å². The van der Waals surface area contributed by atoms with Crippen molar-refractivity contribution in [2.75, 3.05) is 0 Å². The predicted molar refractivity (Wildman–Crippen MR) is 73.5 cm³/mol. The number of para-hydroxylation sites is 1. The number of nitrogens with zero attached hydrogens (tertiary/aromatic N) is 1. The molecule has 90 valence electrons. The number of halogens is 1. The Bertz CT molecular complexity index is 591. The molecule has 0 aromatic heterocycles. The highest BCUT2D eigenvalue weighted by Gasteiger charge is 2.08. The number of nitro benzene ring substituents is 1. The SMILES string of the molecule is O=[N+]([O-])c1ccccc1C=Cc1ccc(Cl)cc1. The number of hydrogen-bond donors (Lipinski definition) is 0. The molecule has 0 aliphatic carbocycles. The Balaban J connectivity index is 2.29. The molecule has 0 saturated carbocycles. The Morgan fingerprint density at radius 2 is 1.67 bits per heavy atom. The molecule has 2 rings (SSSR count). The normalized spacial score (nSPS) is 10.7. The minimum atomic E-state index is -0.387. The van der Waals surface area contributed by atoms with Crippen LogP contribution in [-0.2, 0) is 0 Å². The summed E-state index contributed by atoms with van der Waals surface area (Å²) in [6.07, 6.45) is 3.54. The molecular weight excluding hydrogens is 250 g/mol. The van der Waals surface area contributed by atoms with Gasteiger partial charge in [0, 0.05) is 11.1 Å². The Morgan fingerprint density at radius 1 is 1.00 bits per heavy atom. The van der Waals surface area contributed by atoms with Gasteiger partial charge in [-0.15, -0.1) is 0 Å². The van der Waals surface area contributed by atoms with E-state index in [1.54, 1.807) is 36.4 Å². The molecule has 0 radical (unpaired) electrons. The second-order valence-corrected chi connectivity index (χ2v) is 4.14. The van der Waals surface area contributed by atoms with E-state index in [0.717, 1.165) is 5.56 Å². The molecular formula is C14H10ClNO2. The van der Waals surface area contributed by atoms with Gasteiger partial charge in [0.2, 0.25) is 0 Å². The highest BCUT2D eigenvalue weighted by Crippen LogP contribution is 2.20. The minimum Gasteiger partial charge on any atom is -0.258 e. The van der Waals surface area contributed by atoms with E-state index >= 15 is 0 Å². The second kappa shape index (κ2) is 5.47. The fourth-order valence-corrected chi connectivity index (χ4v) is 1.68. The van der Waals surface area contributed by atoms with Crippen LogP contribution in [0.5, 0.6) is 0 Å². The molecule has 0 heterocycles. The van der Waals surface area contributed by atoms with Crippen molar-refractivity contribution in [2.24, 2.45) is 0 Å². The van der Waals surface area contributed by atoms with Crippen LogP contribution in [0.15, 0.2) is 48.5 Å². The molecule has 0 fully saturated rings. The van der Waals surface area contributed by atoms with Gasteiger partial charge < -0.3 is 0 Å². The number of nitro groups is 1. The summed E-state index contributed by atoms with van der Waals surface area (Å²) in [6, 6.07) is 13.9. The van der Waals surface area contributed by atoms with Crippen LogP contribution < -0.4 is 0 Å². The summed E-state index contributed by atoms with van der Waals surface area (Å²) >= 11 is 5.78. The smallest absolute Gasteiger partial charge is 0.258 e. The van der Waals surface area contributed by atoms with Crippen molar-refractivity contribution in [2.45, 2.75) is 0 Å². The highest BCUT2D eigenvalue weighted by atomic mass is 35.5. The quantitative estimate of drug-likeness (QED) is 0.465. The summed E-state index contributed by atoms with van der Waals surface area (Å²) in [4.78, 5) is 10.4. The van der Waals surface area contributed by atoms with Crippen molar-refractivity contribution in [1.82, 2.24) is 0 Å². The Hall–Kier alpha value is -2.13. The lowest BCUT2D eigenvalue weighted by Crippen LogP contribution is -1.90. The van der Waals surface area contributed by atoms with Crippen molar-refractivity contribution in [3.63, 3.8) is 0 Å². The van der Waals surface area contributed by atoms with Crippen molar-refractivity contribution in [3.05, 3.63) is 74.8 Å². The van der Waals surface area contributed by atoms with Crippen LogP contribution in [0, 0.1) is 10.1 Å². The molecule has 0 atom stereocenters. The molecule has 2 aromatic rings. The highest BCUT2D eigenvalue weighted by molar-refractivity contribution is 6.30. The Kier molecular flexibility index (Phi) is 3.75. The second-order valence-electron chi connectivity index (χ2n) is 3.70. The van der Waals surface area contributed by atoms with Gasteiger partial charge >= 0.3 is 0 Å². The molecule has 0 saturated heterocycles. The Labute approximate surface area is 109 Å². The summed E-state index contributed by atoms with van der Waals surface area (Å²) < 4.78 is 0. The van der Waals surface area contributed by atoms with Crippen LogP contribution in [0.1, 0.15) is 11.1 Å². The number of hydrogen-bond acceptors (Lipinski definition) is 2. The monoisotopic (exact) mass is 259 g/mol. The standard InChI is InChI=1S/C14H10ClNO2/c15-13-9-6-11(7-10-13)5-8-12-3-1-2-4-14(12)16(17)18/h1-10H. The molecule has 2 aromatic carbocycles. The zero-order valence-corrected chi connectivity index (χ0v) is 10.2. The van der Waals surface area contributed by atoms with Crippen LogP contribution in [0.2, 0.25) is 5.02 Å². The molecule has 0 bridgehead atoms. The first-order valence-corrected chi connectivity index (χ1v) is 5.72.